The molecule has 0 spiro atoms. The van der Waals surface area contributed by atoms with Gasteiger partial charge in [0.2, 0.25) is 0 Å². The van der Waals surface area contributed by atoms with E-state index in [1.165, 1.54) is 0 Å². The molecule has 0 aliphatic carbocycles. The van der Waals surface area contributed by atoms with Crippen LogP contribution in [0, 0.1) is 11.6 Å². The molecule has 188 valence electrons. The van der Waals surface area contributed by atoms with Crippen LogP contribution in [0.4, 0.5) is 8.78 Å². The number of aromatic nitrogens is 1. The molecule has 0 bridgehead atoms. The van der Waals surface area contributed by atoms with Gasteiger partial charge in [-0.1, -0.05) is 18.2 Å². The van der Waals surface area contributed by atoms with Gasteiger partial charge in [-0.25, -0.2) is 8.78 Å². The number of amides is 2. The van der Waals surface area contributed by atoms with E-state index in [1.54, 1.807) is 35.0 Å². The second-order valence-corrected chi connectivity index (χ2v) is 9.61. The third-order valence-electron chi connectivity index (χ3n) is 7.39. The van der Waals surface area contributed by atoms with Crippen molar-refractivity contribution >= 4 is 22.7 Å². The van der Waals surface area contributed by atoms with Crippen LogP contribution in [0.15, 0.2) is 79.0 Å². The smallest absolute Gasteiger partial charge is 0.253 e. The quantitative estimate of drug-likeness (QED) is 0.422. The zero-order chi connectivity index (χ0) is 25.5. The van der Waals surface area contributed by atoms with Crippen molar-refractivity contribution in [3.63, 3.8) is 0 Å². The molecular weight excluding hydrogens is 474 g/mol. The Balaban J connectivity index is 1.07. The fraction of sp³-hybridized carbons (Fsp3) is 0.241. The highest BCUT2D eigenvalue weighted by molar-refractivity contribution is 5.99. The Hall–Kier alpha value is -4.04. The Morgan fingerprint density at radius 2 is 1.46 bits per heavy atom. The van der Waals surface area contributed by atoms with Crippen molar-refractivity contribution in [3.05, 3.63) is 102 Å². The number of hydrogen-bond donors (Lipinski definition) is 0. The summed E-state index contributed by atoms with van der Waals surface area (Å²) >= 11 is 0. The van der Waals surface area contributed by atoms with E-state index in [9.17, 15) is 18.4 Å². The largest absolute Gasteiger partial charge is 0.336 e. The first-order chi connectivity index (χ1) is 18.0. The molecule has 0 radical (unpaired) electrons. The van der Waals surface area contributed by atoms with Crippen LogP contribution in [0.3, 0.4) is 0 Å². The molecular formula is C29H26F2N4O2. The number of fused-ring (bicyclic) bond motifs is 1. The predicted molar refractivity (Wildman–Crippen MR) is 137 cm³/mol. The molecule has 4 aromatic rings. The van der Waals surface area contributed by atoms with Gasteiger partial charge < -0.3 is 14.4 Å². The van der Waals surface area contributed by atoms with Crippen LogP contribution in [-0.2, 0) is 0 Å². The molecule has 2 saturated heterocycles. The molecule has 8 heteroatoms. The second-order valence-electron chi connectivity index (χ2n) is 9.61. The van der Waals surface area contributed by atoms with Gasteiger partial charge in [-0.15, -0.1) is 0 Å². The maximum absolute atomic E-state index is 14.3. The Kier molecular flexibility index (Phi) is 5.96. The summed E-state index contributed by atoms with van der Waals surface area (Å²) in [5.74, 6) is -1.01. The van der Waals surface area contributed by atoms with Crippen molar-refractivity contribution < 1.29 is 18.4 Å². The number of rotatable bonds is 4. The van der Waals surface area contributed by atoms with Crippen LogP contribution in [0.2, 0.25) is 0 Å². The first-order valence-corrected chi connectivity index (χ1v) is 12.4. The molecule has 3 aromatic carbocycles. The van der Waals surface area contributed by atoms with E-state index in [-0.39, 0.29) is 17.5 Å². The molecule has 0 N–H and O–H groups in total. The van der Waals surface area contributed by atoms with Crippen LogP contribution in [0.25, 0.3) is 16.6 Å². The summed E-state index contributed by atoms with van der Waals surface area (Å²) < 4.78 is 29.6. The topological polar surface area (TPSA) is 48.8 Å². The van der Waals surface area contributed by atoms with Gasteiger partial charge in [0.15, 0.2) is 0 Å². The average molecular weight is 501 g/mol. The Bertz CT molecular complexity index is 1470. The van der Waals surface area contributed by atoms with Gasteiger partial charge in [-0.3, -0.25) is 14.5 Å². The van der Waals surface area contributed by atoms with E-state index in [2.05, 4.69) is 4.90 Å². The normalized spacial score (nSPS) is 16.7. The van der Waals surface area contributed by atoms with Crippen LogP contribution < -0.4 is 0 Å². The molecule has 6 rings (SSSR count). The van der Waals surface area contributed by atoms with Gasteiger partial charge >= 0.3 is 0 Å². The number of piperazine rings is 1. The maximum atomic E-state index is 14.3. The lowest BCUT2D eigenvalue weighted by Crippen LogP contribution is -2.64. The van der Waals surface area contributed by atoms with Crippen molar-refractivity contribution in [1.29, 1.82) is 0 Å². The van der Waals surface area contributed by atoms with Crippen molar-refractivity contribution in [3.8, 4) is 5.69 Å². The summed E-state index contributed by atoms with van der Waals surface area (Å²) in [6.07, 6.45) is 1.68. The third-order valence-corrected chi connectivity index (χ3v) is 7.39. The summed E-state index contributed by atoms with van der Waals surface area (Å²) in [7, 11) is 0. The highest BCUT2D eigenvalue weighted by Crippen LogP contribution is 2.26. The fourth-order valence-electron chi connectivity index (χ4n) is 5.24. The van der Waals surface area contributed by atoms with Crippen molar-refractivity contribution in [2.24, 2.45) is 0 Å². The van der Waals surface area contributed by atoms with Crippen molar-refractivity contribution in [1.82, 2.24) is 19.3 Å². The lowest BCUT2D eigenvalue weighted by molar-refractivity contribution is 0.00854. The Labute approximate surface area is 213 Å². The lowest BCUT2D eigenvalue weighted by atomic mass is 10.0. The number of halogens is 2. The average Bonchev–Trinajstić information content (AvgIpc) is 3.33. The summed E-state index contributed by atoms with van der Waals surface area (Å²) in [5, 5.41) is 0.783. The number of nitrogens with zero attached hydrogens (tertiary/aromatic N) is 4. The second kappa shape index (κ2) is 9.44. The minimum absolute atomic E-state index is 0.0410. The van der Waals surface area contributed by atoms with Gasteiger partial charge in [0.25, 0.3) is 11.8 Å². The summed E-state index contributed by atoms with van der Waals surface area (Å²) in [5.41, 5.74) is 2.11. The zero-order valence-electron chi connectivity index (χ0n) is 20.2. The van der Waals surface area contributed by atoms with E-state index >= 15 is 0 Å². The minimum Gasteiger partial charge on any atom is -0.336 e. The van der Waals surface area contributed by atoms with E-state index < -0.39 is 11.6 Å². The molecule has 0 unspecified atom stereocenters. The zero-order valence-corrected chi connectivity index (χ0v) is 20.2. The highest BCUT2D eigenvalue weighted by Gasteiger charge is 2.37. The molecule has 0 saturated carbocycles. The number of benzene rings is 3. The lowest BCUT2D eigenvalue weighted by Gasteiger charge is -2.48. The molecule has 37 heavy (non-hydrogen) atoms. The number of carbonyl (C=O) groups excluding carboxylic acids is 2. The van der Waals surface area contributed by atoms with Crippen molar-refractivity contribution in [2.45, 2.75) is 6.04 Å². The minimum atomic E-state index is -0.518. The van der Waals surface area contributed by atoms with Crippen LogP contribution in [0.5, 0.6) is 0 Å². The maximum Gasteiger partial charge on any atom is 0.253 e. The van der Waals surface area contributed by atoms with Gasteiger partial charge in [0.05, 0.1) is 11.2 Å². The van der Waals surface area contributed by atoms with Gasteiger partial charge in [0, 0.05) is 74.1 Å². The number of hydrogen-bond acceptors (Lipinski definition) is 3. The first-order valence-electron chi connectivity index (χ1n) is 12.4. The Morgan fingerprint density at radius 1 is 0.730 bits per heavy atom. The monoisotopic (exact) mass is 500 g/mol. The molecule has 6 nitrogen and oxygen atoms in total. The number of carbonyl (C=O) groups is 2. The SMILES string of the molecule is O=C(c1ccccc1)N1CCN(C2CN(C(=O)c3ccc4c(ccn4-c4cc(F)ccc4F)c3)C2)CC1. The first kappa shape index (κ1) is 23.4. The molecule has 2 fully saturated rings. The molecule has 0 atom stereocenters. The molecule has 2 aliphatic rings. The van der Waals surface area contributed by atoms with Crippen molar-refractivity contribution in [2.75, 3.05) is 39.3 Å². The highest BCUT2D eigenvalue weighted by atomic mass is 19.1. The van der Waals surface area contributed by atoms with Gasteiger partial charge in [0.1, 0.15) is 11.6 Å². The van der Waals surface area contributed by atoms with Crippen LogP contribution in [-0.4, -0.2) is 76.4 Å². The third kappa shape index (κ3) is 4.38. The van der Waals surface area contributed by atoms with E-state index in [1.807, 2.05) is 40.1 Å². The standard InChI is InChI=1S/C29H26F2N4O2/c30-23-7-8-25(31)27(17-23)35-11-10-21-16-22(6-9-26(21)35)29(37)34-18-24(19-34)32-12-14-33(15-13-32)28(36)20-4-2-1-3-5-20/h1-11,16-17,24H,12-15,18-19H2. The molecule has 1 aromatic heterocycles. The van der Waals surface area contributed by atoms with E-state index in [4.69, 9.17) is 0 Å². The molecule has 3 heterocycles. The predicted octanol–water partition coefficient (Wildman–Crippen LogP) is 4.19. The fourth-order valence-corrected chi connectivity index (χ4v) is 5.24. The Morgan fingerprint density at radius 3 is 2.22 bits per heavy atom. The van der Waals surface area contributed by atoms with Crippen LogP contribution >= 0.6 is 0 Å². The summed E-state index contributed by atoms with van der Waals surface area (Å²) in [4.78, 5) is 31.9. The van der Waals surface area contributed by atoms with Gasteiger partial charge in [-0.05, 0) is 48.5 Å². The van der Waals surface area contributed by atoms with Crippen LogP contribution in [0.1, 0.15) is 20.7 Å². The van der Waals surface area contributed by atoms with E-state index in [0.29, 0.717) is 48.9 Å². The summed E-state index contributed by atoms with van der Waals surface area (Å²) in [6, 6.07) is 20.1. The summed E-state index contributed by atoms with van der Waals surface area (Å²) in [6.45, 7) is 4.25. The van der Waals surface area contributed by atoms with Gasteiger partial charge in [-0.2, -0.15) is 0 Å². The molecule has 2 amide bonds. The van der Waals surface area contributed by atoms with E-state index in [0.717, 1.165) is 36.7 Å². The number of likely N-dealkylation sites (tertiary alicyclic amines) is 1. The molecule has 2 aliphatic heterocycles.